The predicted octanol–water partition coefficient (Wildman–Crippen LogP) is 1.000. The molecular formula is C9H17N2. The van der Waals surface area contributed by atoms with Gasteiger partial charge >= 0.3 is 0 Å². The highest BCUT2D eigenvalue weighted by Gasteiger charge is 2.46. The molecular weight excluding hydrogens is 136 g/mol. The van der Waals surface area contributed by atoms with Gasteiger partial charge in [-0.3, -0.25) is 5.73 Å². The van der Waals surface area contributed by atoms with Crippen LogP contribution in [-0.4, -0.2) is 30.6 Å². The Labute approximate surface area is 68.7 Å². The highest BCUT2D eigenvalue weighted by molar-refractivity contribution is 5.02. The highest BCUT2D eigenvalue weighted by Crippen LogP contribution is 2.43. The number of hydrogen-bond donors (Lipinski definition) is 0. The number of likely N-dealkylation sites (tertiary alicyclic amines) is 1. The Morgan fingerprint density at radius 1 is 1.45 bits per heavy atom. The maximum Gasteiger partial charge on any atom is 0.0339 e. The lowest BCUT2D eigenvalue weighted by Crippen LogP contribution is -2.34. The molecule has 2 nitrogen and oxygen atoms in total. The lowest BCUT2D eigenvalue weighted by molar-refractivity contribution is 0.297. The van der Waals surface area contributed by atoms with Crippen LogP contribution in [0.25, 0.3) is 0 Å². The molecule has 1 heterocycles. The first-order valence-corrected chi connectivity index (χ1v) is 4.53. The van der Waals surface area contributed by atoms with Crippen molar-refractivity contribution < 1.29 is 0 Å². The molecule has 3 unspecified atom stereocenters. The van der Waals surface area contributed by atoms with Crippen LogP contribution in [0.1, 0.15) is 19.8 Å². The molecule has 2 aliphatic rings. The molecule has 0 spiro atoms. The fourth-order valence-corrected chi connectivity index (χ4v) is 2.77. The molecule has 2 rings (SSSR count). The monoisotopic (exact) mass is 153 g/mol. The fraction of sp³-hybridized carbons (Fsp3) is 1.00. The van der Waals surface area contributed by atoms with Gasteiger partial charge in [0, 0.05) is 18.6 Å². The first-order chi connectivity index (χ1) is 5.09. The van der Waals surface area contributed by atoms with E-state index < -0.39 is 0 Å². The van der Waals surface area contributed by atoms with Crippen LogP contribution in [0.15, 0.2) is 0 Å². The molecule has 0 amide bonds. The molecule has 1 saturated heterocycles. The molecule has 0 aromatic carbocycles. The van der Waals surface area contributed by atoms with E-state index in [0.29, 0.717) is 5.92 Å². The maximum atomic E-state index is 8.08. The molecule has 0 bridgehead atoms. The van der Waals surface area contributed by atoms with Crippen LogP contribution in [0, 0.1) is 11.8 Å². The van der Waals surface area contributed by atoms with E-state index in [1.54, 1.807) is 0 Å². The Bertz CT molecular complexity index is 165. The summed E-state index contributed by atoms with van der Waals surface area (Å²) in [5, 5.41) is 0. The third-order valence-electron chi connectivity index (χ3n) is 3.48. The summed E-state index contributed by atoms with van der Waals surface area (Å²) in [5.74, 6) is 1.50. The number of hydrogen-bond acceptors (Lipinski definition) is 1. The van der Waals surface area contributed by atoms with Crippen LogP contribution < -0.4 is 5.73 Å². The molecule has 0 aromatic heterocycles. The molecule has 2 heteroatoms. The van der Waals surface area contributed by atoms with Crippen LogP contribution in [0.4, 0.5) is 0 Å². The topological polar surface area (TPSA) is 27.0 Å². The SMILES string of the molecule is CN1CC2CCC(C)([NH])C2C1. The van der Waals surface area contributed by atoms with Gasteiger partial charge in [0.05, 0.1) is 0 Å². The molecule has 2 fully saturated rings. The van der Waals surface area contributed by atoms with Crippen LogP contribution in [0.2, 0.25) is 0 Å². The Morgan fingerprint density at radius 2 is 2.18 bits per heavy atom. The Kier molecular flexibility index (Phi) is 1.52. The summed E-state index contributed by atoms with van der Waals surface area (Å²) >= 11 is 0. The van der Waals surface area contributed by atoms with E-state index in [1.165, 1.54) is 13.0 Å². The standard InChI is InChI=1S/C9H17N2/c1-9(10)4-3-7-5-11(2)6-8(7)9/h7-8,10H,3-6H2,1-2H3. The minimum Gasteiger partial charge on any atom is -0.306 e. The minimum atomic E-state index is -0.116. The molecule has 1 aliphatic carbocycles. The van der Waals surface area contributed by atoms with Crippen LogP contribution >= 0.6 is 0 Å². The normalized spacial score (nSPS) is 51.5. The summed E-state index contributed by atoms with van der Waals surface area (Å²) in [5.41, 5.74) is 7.96. The smallest absolute Gasteiger partial charge is 0.0339 e. The number of fused-ring (bicyclic) bond motifs is 1. The quantitative estimate of drug-likeness (QED) is 0.510. The van der Waals surface area contributed by atoms with Gasteiger partial charge in [0.25, 0.3) is 0 Å². The van der Waals surface area contributed by atoms with Crippen molar-refractivity contribution in [1.29, 1.82) is 0 Å². The van der Waals surface area contributed by atoms with Crippen molar-refractivity contribution in [2.45, 2.75) is 25.3 Å². The van der Waals surface area contributed by atoms with Gasteiger partial charge in [0.15, 0.2) is 0 Å². The molecule has 11 heavy (non-hydrogen) atoms. The van der Waals surface area contributed by atoms with Gasteiger partial charge in [0.1, 0.15) is 0 Å². The summed E-state index contributed by atoms with van der Waals surface area (Å²) in [6.45, 7) is 4.50. The Hall–Kier alpha value is -0.0800. The van der Waals surface area contributed by atoms with Gasteiger partial charge in [0.2, 0.25) is 0 Å². The second kappa shape index (κ2) is 2.20. The van der Waals surface area contributed by atoms with Gasteiger partial charge in [-0.2, -0.15) is 0 Å². The average molecular weight is 153 g/mol. The van der Waals surface area contributed by atoms with E-state index in [9.17, 15) is 0 Å². The number of nitrogens with zero attached hydrogens (tertiary/aromatic N) is 1. The molecule has 0 aromatic rings. The first-order valence-electron chi connectivity index (χ1n) is 4.53. The molecule has 1 saturated carbocycles. The summed E-state index contributed by atoms with van der Waals surface area (Å²) in [6, 6.07) is 0. The van der Waals surface area contributed by atoms with E-state index in [1.807, 2.05) is 0 Å². The van der Waals surface area contributed by atoms with Crippen molar-refractivity contribution in [3.8, 4) is 0 Å². The lowest BCUT2D eigenvalue weighted by Gasteiger charge is -2.24. The zero-order chi connectivity index (χ0) is 8.06. The van der Waals surface area contributed by atoms with Crippen molar-refractivity contribution in [2.75, 3.05) is 20.1 Å². The van der Waals surface area contributed by atoms with E-state index in [2.05, 4.69) is 18.9 Å². The number of rotatable bonds is 0. The van der Waals surface area contributed by atoms with E-state index in [-0.39, 0.29) is 5.54 Å². The molecule has 1 N–H and O–H groups in total. The largest absolute Gasteiger partial charge is 0.306 e. The van der Waals surface area contributed by atoms with Crippen molar-refractivity contribution in [2.24, 2.45) is 11.8 Å². The maximum absolute atomic E-state index is 8.08. The van der Waals surface area contributed by atoms with Gasteiger partial charge in [-0.05, 0) is 38.6 Å². The van der Waals surface area contributed by atoms with Crippen molar-refractivity contribution in [3.05, 3.63) is 0 Å². The minimum absolute atomic E-state index is 0.116. The summed E-state index contributed by atoms with van der Waals surface area (Å²) < 4.78 is 0. The first kappa shape index (κ1) is 7.56. The summed E-state index contributed by atoms with van der Waals surface area (Å²) in [4.78, 5) is 2.38. The third kappa shape index (κ3) is 1.09. The van der Waals surface area contributed by atoms with Gasteiger partial charge < -0.3 is 4.90 Å². The van der Waals surface area contributed by atoms with Crippen molar-refractivity contribution >= 4 is 0 Å². The molecule has 63 valence electrons. The average Bonchev–Trinajstić information content (AvgIpc) is 2.35. The van der Waals surface area contributed by atoms with Crippen LogP contribution in [0.3, 0.4) is 0 Å². The predicted molar refractivity (Wildman–Crippen MR) is 45.2 cm³/mol. The number of nitrogens with one attached hydrogen (secondary N) is 1. The van der Waals surface area contributed by atoms with Crippen molar-refractivity contribution in [3.63, 3.8) is 0 Å². The Morgan fingerprint density at radius 3 is 2.82 bits per heavy atom. The van der Waals surface area contributed by atoms with E-state index in [0.717, 1.165) is 18.9 Å². The zero-order valence-electron chi connectivity index (χ0n) is 7.43. The third-order valence-corrected chi connectivity index (χ3v) is 3.48. The molecule has 1 aliphatic heterocycles. The lowest BCUT2D eigenvalue weighted by atomic mass is 9.88. The van der Waals surface area contributed by atoms with Gasteiger partial charge in [-0.15, -0.1) is 0 Å². The summed E-state index contributed by atoms with van der Waals surface area (Å²) in [7, 11) is 2.17. The Balaban J connectivity index is 2.13. The second-order valence-electron chi connectivity index (χ2n) is 4.54. The summed E-state index contributed by atoms with van der Waals surface area (Å²) in [6.07, 6.45) is 2.41. The highest BCUT2D eigenvalue weighted by atomic mass is 15.1. The second-order valence-corrected chi connectivity index (χ2v) is 4.54. The van der Waals surface area contributed by atoms with E-state index >= 15 is 0 Å². The zero-order valence-corrected chi connectivity index (χ0v) is 7.43. The van der Waals surface area contributed by atoms with Gasteiger partial charge in [-0.25, -0.2) is 0 Å². The van der Waals surface area contributed by atoms with Crippen molar-refractivity contribution in [1.82, 2.24) is 10.6 Å². The fourth-order valence-electron chi connectivity index (χ4n) is 2.77. The molecule has 3 atom stereocenters. The van der Waals surface area contributed by atoms with Crippen LogP contribution in [-0.2, 0) is 0 Å². The van der Waals surface area contributed by atoms with Crippen LogP contribution in [0.5, 0.6) is 0 Å². The van der Waals surface area contributed by atoms with Gasteiger partial charge in [-0.1, -0.05) is 0 Å². The molecule has 1 radical (unpaired) electrons. The van der Waals surface area contributed by atoms with E-state index in [4.69, 9.17) is 5.73 Å².